The highest BCUT2D eigenvalue weighted by atomic mass is 16.5. The van der Waals surface area contributed by atoms with Crippen molar-refractivity contribution in [1.82, 2.24) is 4.90 Å². The Morgan fingerprint density at radius 1 is 1.73 bits per heavy atom. The van der Waals surface area contributed by atoms with Crippen molar-refractivity contribution in [2.24, 2.45) is 5.73 Å². The summed E-state index contributed by atoms with van der Waals surface area (Å²) in [5.74, 6) is 0.0433. The largest absolute Gasteiger partial charge is 0.373 e. The van der Waals surface area contributed by atoms with Gasteiger partial charge in [-0.25, -0.2) is 0 Å². The topological polar surface area (TPSA) is 64.8 Å². The molecule has 5 nitrogen and oxygen atoms in total. The van der Waals surface area contributed by atoms with Crippen molar-refractivity contribution >= 4 is 5.91 Å². The first-order chi connectivity index (χ1) is 7.22. The van der Waals surface area contributed by atoms with Gasteiger partial charge in [-0.3, -0.25) is 4.79 Å². The van der Waals surface area contributed by atoms with E-state index in [0.29, 0.717) is 32.7 Å². The lowest BCUT2D eigenvalue weighted by Gasteiger charge is -2.34. The maximum atomic E-state index is 11.9. The van der Waals surface area contributed by atoms with Gasteiger partial charge >= 0.3 is 0 Å². The molecule has 0 radical (unpaired) electrons. The van der Waals surface area contributed by atoms with Gasteiger partial charge in [0.15, 0.2) is 0 Å². The summed E-state index contributed by atoms with van der Waals surface area (Å²) in [6.07, 6.45) is 0.332. The molecule has 0 aromatic heterocycles. The zero-order valence-electron chi connectivity index (χ0n) is 9.44. The Labute approximate surface area is 90.5 Å². The molecule has 0 bridgehead atoms. The van der Waals surface area contributed by atoms with Crippen LogP contribution >= 0.6 is 0 Å². The summed E-state index contributed by atoms with van der Waals surface area (Å²) in [5.41, 5.74) is 5.51. The van der Waals surface area contributed by atoms with Crippen molar-refractivity contribution in [3.8, 4) is 0 Å². The minimum atomic E-state index is -0.332. The second-order valence-electron chi connectivity index (χ2n) is 3.65. The number of ether oxygens (including phenoxy) is 2. The summed E-state index contributed by atoms with van der Waals surface area (Å²) >= 11 is 0. The third-order valence-electron chi connectivity index (χ3n) is 2.64. The van der Waals surface area contributed by atoms with E-state index in [-0.39, 0.29) is 18.1 Å². The zero-order valence-corrected chi connectivity index (χ0v) is 9.44. The summed E-state index contributed by atoms with van der Waals surface area (Å²) < 4.78 is 10.5. The van der Waals surface area contributed by atoms with Gasteiger partial charge in [0, 0.05) is 26.7 Å². The second kappa shape index (κ2) is 6.05. The van der Waals surface area contributed by atoms with Gasteiger partial charge in [0.1, 0.15) is 6.10 Å². The predicted octanol–water partition coefficient (Wildman–Crippen LogP) is -0.402. The number of morpholine rings is 1. The maximum Gasteiger partial charge on any atom is 0.251 e. The van der Waals surface area contributed by atoms with E-state index >= 15 is 0 Å². The standard InChI is InChI=1S/C10H20N2O3/c1-3-9(14-2)10(13)12-4-5-15-8(6-11)7-12/h8-9H,3-7,11H2,1-2H3. The Morgan fingerprint density at radius 2 is 2.47 bits per heavy atom. The maximum absolute atomic E-state index is 11.9. The molecule has 0 spiro atoms. The number of carbonyl (C=O) groups is 1. The molecule has 0 aromatic carbocycles. The van der Waals surface area contributed by atoms with Gasteiger partial charge in [0.05, 0.1) is 12.7 Å². The van der Waals surface area contributed by atoms with E-state index in [1.807, 2.05) is 6.92 Å². The van der Waals surface area contributed by atoms with Crippen LogP contribution in [0.1, 0.15) is 13.3 Å². The van der Waals surface area contributed by atoms with E-state index in [0.717, 1.165) is 0 Å². The van der Waals surface area contributed by atoms with Gasteiger partial charge in [0.2, 0.25) is 0 Å². The van der Waals surface area contributed by atoms with Crippen LogP contribution in [0, 0.1) is 0 Å². The van der Waals surface area contributed by atoms with Crippen molar-refractivity contribution in [3.63, 3.8) is 0 Å². The van der Waals surface area contributed by atoms with Crippen LogP contribution in [0.3, 0.4) is 0 Å². The molecule has 88 valence electrons. The van der Waals surface area contributed by atoms with E-state index in [4.69, 9.17) is 15.2 Å². The lowest BCUT2D eigenvalue weighted by molar-refractivity contribution is -0.149. The molecule has 15 heavy (non-hydrogen) atoms. The van der Waals surface area contributed by atoms with Crippen LogP contribution in [0.5, 0.6) is 0 Å². The number of rotatable bonds is 4. The zero-order chi connectivity index (χ0) is 11.3. The minimum Gasteiger partial charge on any atom is -0.373 e. The molecule has 1 heterocycles. The first kappa shape index (κ1) is 12.4. The molecule has 1 rings (SSSR count). The SMILES string of the molecule is CCC(OC)C(=O)N1CCOC(CN)C1. The highest BCUT2D eigenvalue weighted by Crippen LogP contribution is 2.09. The van der Waals surface area contributed by atoms with Gasteiger partial charge in [-0.05, 0) is 6.42 Å². The van der Waals surface area contributed by atoms with Crippen molar-refractivity contribution in [1.29, 1.82) is 0 Å². The Balaban J connectivity index is 2.51. The van der Waals surface area contributed by atoms with Crippen LogP contribution in [0.15, 0.2) is 0 Å². The first-order valence-electron chi connectivity index (χ1n) is 5.36. The van der Waals surface area contributed by atoms with E-state index in [9.17, 15) is 4.79 Å². The fourth-order valence-corrected chi connectivity index (χ4v) is 1.71. The summed E-state index contributed by atoms with van der Waals surface area (Å²) in [6.45, 7) is 4.17. The van der Waals surface area contributed by atoms with Crippen molar-refractivity contribution in [2.45, 2.75) is 25.6 Å². The lowest BCUT2D eigenvalue weighted by atomic mass is 10.2. The third kappa shape index (κ3) is 3.15. The number of nitrogens with zero attached hydrogens (tertiary/aromatic N) is 1. The average molecular weight is 216 g/mol. The van der Waals surface area contributed by atoms with Crippen LogP contribution in [-0.4, -0.2) is 56.4 Å². The van der Waals surface area contributed by atoms with Gasteiger partial charge in [-0.15, -0.1) is 0 Å². The molecule has 1 fully saturated rings. The van der Waals surface area contributed by atoms with Gasteiger partial charge in [-0.1, -0.05) is 6.92 Å². The van der Waals surface area contributed by atoms with E-state index in [1.165, 1.54) is 0 Å². The normalized spacial score (nSPS) is 23.9. The molecule has 0 saturated carbocycles. The summed E-state index contributed by atoms with van der Waals surface area (Å²) in [7, 11) is 1.56. The molecule has 0 aliphatic carbocycles. The Morgan fingerprint density at radius 3 is 3.00 bits per heavy atom. The molecule has 2 atom stereocenters. The Hall–Kier alpha value is -0.650. The first-order valence-corrected chi connectivity index (χ1v) is 5.36. The molecule has 1 amide bonds. The van der Waals surface area contributed by atoms with Crippen LogP contribution in [-0.2, 0) is 14.3 Å². The van der Waals surface area contributed by atoms with Crippen LogP contribution in [0.2, 0.25) is 0 Å². The van der Waals surface area contributed by atoms with Crippen molar-refractivity contribution in [2.75, 3.05) is 33.4 Å². The van der Waals surface area contributed by atoms with E-state index in [1.54, 1.807) is 12.0 Å². The molecule has 1 aliphatic heterocycles. The number of nitrogens with two attached hydrogens (primary N) is 1. The number of methoxy groups -OCH3 is 1. The van der Waals surface area contributed by atoms with Gasteiger partial charge < -0.3 is 20.1 Å². The molecular weight excluding hydrogens is 196 g/mol. The summed E-state index contributed by atoms with van der Waals surface area (Å²) in [4.78, 5) is 13.7. The average Bonchev–Trinajstić information content (AvgIpc) is 2.30. The smallest absolute Gasteiger partial charge is 0.251 e. The predicted molar refractivity (Wildman–Crippen MR) is 56.5 cm³/mol. The van der Waals surface area contributed by atoms with Crippen molar-refractivity contribution < 1.29 is 14.3 Å². The minimum absolute atomic E-state index is 0.0305. The number of carbonyl (C=O) groups excluding carboxylic acids is 1. The fraction of sp³-hybridized carbons (Fsp3) is 0.900. The molecule has 5 heteroatoms. The molecule has 2 N–H and O–H groups in total. The van der Waals surface area contributed by atoms with Crippen LogP contribution in [0.4, 0.5) is 0 Å². The number of hydrogen-bond acceptors (Lipinski definition) is 4. The fourth-order valence-electron chi connectivity index (χ4n) is 1.71. The van der Waals surface area contributed by atoms with Gasteiger partial charge in [-0.2, -0.15) is 0 Å². The quantitative estimate of drug-likeness (QED) is 0.694. The summed E-state index contributed by atoms with van der Waals surface area (Å²) in [6, 6.07) is 0. The van der Waals surface area contributed by atoms with Crippen molar-refractivity contribution in [3.05, 3.63) is 0 Å². The highest BCUT2D eigenvalue weighted by molar-refractivity contribution is 5.81. The third-order valence-corrected chi connectivity index (χ3v) is 2.64. The number of hydrogen-bond donors (Lipinski definition) is 1. The monoisotopic (exact) mass is 216 g/mol. The lowest BCUT2D eigenvalue weighted by Crippen LogP contribution is -2.51. The van der Waals surface area contributed by atoms with Crippen LogP contribution in [0.25, 0.3) is 0 Å². The Bertz CT molecular complexity index is 207. The molecular formula is C10H20N2O3. The van der Waals surface area contributed by atoms with Gasteiger partial charge in [0.25, 0.3) is 5.91 Å². The highest BCUT2D eigenvalue weighted by Gasteiger charge is 2.27. The van der Waals surface area contributed by atoms with Crippen LogP contribution < -0.4 is 5.73 Å². The molecule has 1 saturated heterocycles. The Kier molecular flexibility index (Phi) is 5.01. The molecule has 2 unspecified atom stereocenters. The van der Waals surface area contributed by atoms with E-state index < -0.39 is 0 Å². The summed E-state index contributed by atoms with van der Waals surface area (Å²) in [5, 5.41) is 0. The van der Waals surface area contributed by atoms with E-state index in [2.05, 4.69) is 0 Å². The molecule has 0 aromatic rings. The molecule has 1 aliphatic rings. The number of amides is 1. The second-order valence-corrected chi connectivity index (χ2v) is 3.65.